The van der Waals surface area contributed by atoms with Crippen molar-refractivity contribution < 1.29 is 0 Å². The van der Waals surface area contributed by atoms with E-state index >= 15 is 0 Å². The largest absolute Gasteiger partial charge is 0.261 e. The van der Waals surface area contributed by atoms with Gasteiger partial charge in [-0.15, -0.1) is 0 Å². The second-order valence-corrected chi connectivity index (χ2v) is 4.02. The molecular weight excluding hydrogens is 282 g/mol. The van der Waals surface area contributed by atoms with E-state index < -0.39 is 0 Å². The first-order valence-corrected chi connectivity index (χ1v) is 6.90. The molecule has 118 valence electrons. The lowest BCUT2D eigenvalue weighted by molar-refractivity contribution is 1.03. The molecule has 0 aliphatic heterocycles. The zero-order chi connectivity index (χ0) is 17.5. The monoisotopic (exact) mass is 305 g/mol. The average Bonchev–Trinajstić information content (AvgIpc) is 2.58. The molecule has 0 fully saturated rings. The Labute approximate surface area is 139 Å². The van der Waals surface area contributed by atoms with Crippen molar-refractivity contribution in [1.29, 1.82) is 0 Å². The van der Waals surface area contributed by atoms with E-state index in [1.54, 1.807) is 54.8 Å². The molecule has 0 aliphatic rings. The number of hydrazone groups is 1. The van der Waals surface area contributed by atoms with E-state index in [1.807, 2.05) is 6.08 Å². The highest BCUT2D eigenvalue weighted by atomic mass is 15.3. The second kappa shape index (κ2) is 12.5. The van der Waals surface area contributed by atoms with Crippen LogP contribution in [-0.4, -0.2) is 12.1 Å². The lowest BCUT2D eigenvalue weighted by Crippen LogP contribution is -2.15. The van der Waals surface area contributed by atoms with Crippen LogP contribution >= 0.6 is 0 Å². The van der Waals surface area contributed by atoms with Gasteiger partial charge < -0.3 is 0 Å². The van der Waals surface area contributed by atoms with E-state index in [-0.39, 0.29) is 0 Å². The molecule has 3 nitrogen and oxygen atoms in total. The molecule has 0 amide bonds. The van der Waals surface area contributed by atoms with Gasteiger partial charge in [-0.1, -0.05) is 82.0 Å². The molecule has 0 rings (SSSR count). The number of rotatable bonds is 10. The SMILES string of the molecule is C=C\C=C/C(C=C)=C(C=C)/N=C(\C=C)N/N=C/C(C=C)=C/C=C. The van der Waals surface area contributed by atoms with Gasteiger partial charge in [0, 0.05) is 0 Å². The molecule has 0 spiro atoms. The summed E-state index contributed by atoms with van der Waals surface area (Å²) in [6.07, 6.45) is 16.9. The summed E-state index contributed by atoms with van der Waals surface area (Å²) >= 11 is 0. The fourth-order valence-corrected chi connectivity index (χ4v) is 1.38. The summed E-state index contributed by atoms with van der Waals surface area (Å²) in [7, 11) is 0. The van der Waals surface area contributed by atoms with Crippen LogP contribution in [0.4, 0.5) is 0 Å². The second-order valence-electron chi connectivity index (χ2n) is 4.02. The lowest BCUT2D eigenvalue weighted by atomic mass is 10.2. The highest BCUT2D eigenvalue weighted by Gasteiger charge is 1.98. The molecule has 23 heavy (non-hydrogen) atoms. The minimum atomic E-state index is 0.476. The molecule has 0 atom stereocenters. The molecular formula is C20H23N3. The number of nitrogens with one attached hydrogen (secondary N) is 1. The molecule has 0 aliphatic carbocycles. The van der Waals surface area contributed by atoms with Crippen molar-refractivity contribution in [3.8, 4) is 0 Å². The molecule has 0 saturated heterocycles. The van der Waals surface area contributed by atoms with Gasteiger partial charge in [0.2, 0.25) is 0 Å². The number of hydrogen-bond acceptors (Lipinski definition) is 2. The standard InChI is InChI=1S/C20H23N3/c1-7-13-15-18(10-4)19(11-5)22-20(12-6)23-21-16-17(9-3)14-8-2/h7-16H,1-6H2,(H,22,23)/b15-13-,17-14+,19-18+,21-16+. The zero-order valence-electron chi connectivity index (χ0n) is 13.4. The van der Waals surface area contributed by atoms with Crippen molar-refractivity contribution in [2.45, 2.75) is 0 Å². The Morgan fingerprint density at radius 2 is 1.57 bits per heavy atom. The Kier molecular flexibility index (Phi) is 10.8. The lowest BCUT2D eigenvalue weighted by Gasteiger charge is -2.03. The smallest absolute Gasteiger partial charge is 0.146 e. The van der Waals surface area contributed by atoms with Crippen molar-refractivity contribution >= 4 is 12.1 Å². The van der Waals surface area contributed by atoms with Gasteiger partial charge in [0.15, 0.2) is 0 Å². The van der Waals surface area contributed by atoms with Gasteiger partial charge in [-0.25, -0.2) is 4.99 Å². The fraction of sp³-hybridized carbons (Fsp3) is 0. The van der Waals surface area contributed by atoms with Crippen molar-refractivity contribution in [2.75, 3.05) is 0 Å². The summed E-state index contributed by atoms with van der Waals surface area (Å²) in [5.41, 5.74) is 5.08. The van der Waals surface area contributed by atoms with Crippen LogP contribution in [0.25, 0.3) is 0 Å². The predicted octanol–water partition coefficient (Wildman–Crippen LogP) is 4.81. The van der Waals surface area contributed by atoms with Crippen LogP contribution in [0.5, 0.6) is 0 Å². The van der Waals surface area contributed by atoms with E-state index in [0.29, 0.717) is 11.5 Å². The summed E-state index contributed by atoms with van der Waals surface area (Å²) in [5.74, 6) is 0.476. The van der Waals surface area contributed by atoms with E-state index in [4.69, 9.17) is 0 Å². The van der Waals surface area contributed by atoms with Gasteiger partial charge in [-0.05, 0) is 23.3 Å². The van der Waals surface area contributed by atoms with E-state index in [2.05, 4.69) is 55.0 Å². The molecule has 0 bridgehead atoms. The van der Waals surface area contributed by atoms with Crippen LogP contribution in [0.2, 0.25) is 0 Å². The molecule has 0 aromatic carbocycles. The molecule has 1 N–H and O–H groups in total. The Bertz CT molecular complexity index is 623. The van der Waals surface area contributed by atoms with E-state index in [9.17, 15) is 0 Å². The van der Waals surface area contributed by atoms with Gasteiger partial charge in [-0.2, -0.15) is 5.10 Å². The van der Waals surface area contributed by atoms with Crippen molar-refractivity contribution in [2.24, 2.45) is 10.1 Å². The molecule has 0 radical (unpaired) electrons. The Morgan fingerprint density at radius 1 is 0.826 bits per heavy atom. The van der Waals surface area contributed by atoms with Gasteiger partial charge in [0.25, 0.3) is 0 Å². The van der Waals surface area contributed by atoms with Crippen molar-refractivity contribution in [3.05, 3.63) is 111 Å². The minimum absolute atomic E-state index is 0.476. The maximum atomic E-state index is 4.42. The van der Waals surface area contributed by atoms with Crippen molar-refractivity contribution in [1.82, 2.24) is 5.43 Å². The van der Waals surface area contributed by atoms with Crippen LogP contribution < -0.4 is 5.43 Å². The number of hydrogen-bond donors (Lipinski definition) is 1. The quantitative estimate of drug-likeness (QED) is 0.267. The summed E-state index contributed by atoms with van der Waals surface area (Å²) in [6.45, 7) is 22.2. The molecule has 0 aromatic heterocycles. The number of aliphatic imine (C=N–C) groups is 1. The van der Waals surface area contributed by atoms with Gasteiger partial charge in [0.1, 0.15) is 5.84 Å². The number of allylic oxidation sites excluding steroid dienone is 10. The first-order chi connectivity index (χ1) is 11.2. The maximum Gasteiger partial charge on any atom is 0.146 e. The van der Waals surface area contributed by atoms with Crippen LogP contribution in [0.3, 0.4) is 0 Å². The number of amidine groups is 1. The van der Waals surface area contributed by atoms with Gasteiger partial charge >= 0.3 is 0 Å². The Hall–Kier alpha value is -3.20. The number of nitrogens with zero attached hydrogens (tertiary/aromatic N) is 2. The molecule has 0 saturated carbocycles. The molecule has 0 unspecified atom stereocenters. The van der Waals surface area contributed by atoms with Crippen LogP contribution in [-0.2, 0) is 0 Å². The van der Waals surface area contributed by atoms with E-state index in [0.717, 1.165) is 11.1 Å². The highest BCUT2D eigenvalue weighted by Crippen LogP contribution is 2.11. The Balaban J connectivity index is 5.44. The minimum Gasteiger partial charge on any atom is -0.261 e. The molecule has 0 heterocycles. The zero-order valence-corrected chi connectivity index (χ0v) is 13.4. The first-order valence-electron chi connectivity index (χ1n) is 6.90. The van der Waals surface area contributed by atoms with Gasteiger partial charge in [0.05, 0.1) is 11.9 Å². The third-order valence-electron chi connectivity index (χ3n) is 2.49. The maximum absolute atomic E-state index is 4.42. The normalized spacial score (nSPS) is 13.4. The highest BCUT2D eigenvalue weighted by molar-refractivity contribution is 5.94. The summed E-state index contributed by atoms with van der Waals surface area (Å²) in [6, 6.07) is 0. The molecule has 0 aromatic rings. The van der Waals surface area contributed by atoms with E-state index in [1.165, 1.54) is 0 Å². The van der Waals surface area contributed by atoms with Gasteiger partial charge in [-0.3, -0.25) is 5.43 Å². The average molecular weight is 305 g/mol. The first kappa shape index (κ1) is 19.8. The molecule has 3 heteroatoms. The predicted molar refractivity (Wildman–Crippen MR) is 104 cm³/mol. The summed E-state index contributed by atoms with van der Waals surface area (Å²) < 4.78 is 0. The van der Waals surface area contributed by atoms with Crippen LogP contribution in [0.1, 0.15) is 0 Å². The third kappa shape index (κ3) is 7.97. The fourth-order valence-electron chi connectivity index (χ4n) is 1.38. The van der Waals surface area contributed by atoms with Crippen LogP contribution in [0.15, 0.2) is 121 Å². The third-order valence-corrected chi connectivity index (χ3v) is 2.49. The topological polar surface area (TPSA) is 36.8 Å². The Morgan fingerprint density at radius 3 is 2.04 bits per heavy atom. The summed E-state index contributed by atoms with van der Waals surface area (Å²) in [5, 5.41) is 4.09. The van der Waals surface area contributed by atoms with Crippen LogP contribution in [0, 0.1) is 0 Å². The van der Waals surface area contributed by atoms with Crippen molar-refractivity contribution in [3.63, 3.8) is 0 Å². The summed E-state index contributed by atoms with van der Waals surface area (Å²) in [4.78, 5) is 4.42.